The third-order valence-corrected chi connectivity index (χ3v) is 5.56. The number of pyridine rings is 1. The van der Waals surface area contributed by atoms with Crippen LogP contribution < -0.4 is 10.1 Å². The largest absolute Gasteiger partial charge is 0.489 e. The van der Waals surface area contributed by atoms with Crippen LogP contribution >= 0.6 is 0 Å². The first-order valence-electron chi connectivity index (χ1n) is 10.0. The van der Waals surface area contributed by atoms with Crippen molar-refractivity contribution in [2.45, 2.75) is 32.1 Å². The van der Waals surface area contributed by atoms with Crippen LogP contribution in [0.4, 0.5) is 14.6 Å². The third kappa shape index (κ3) is 4.38. The van der Waals surface area contributed by atoms with Gasteiger partial charge in [-0.2, -0.15) is 0 Å². The second-order valence-corrected chi connectivity index (χ2v) is 7.64. The number of aromatic nitrogens is 3. The molecule has 1 aliphatic carbocycles. The van der Waals surface area contributed by atoms with E-state index >= 15 is 0 Å². The molecule has 0 unspecified atom stereocenters. The molecule has 3 aromatic rings. The molecule has 1 N–H and O–H groups in total. The summed E-state index contributed by atoms with van der Waals surface area (Å²) in [6, 6.07) is 8.73. The molecule has 0 bridgehead atoms. The summed E-state index contributed by atoms with van der Waals surface area (Å²) in [6.07, 6.45) is 3.89. The zero-order valence-electron chi connectivity index (χ0n) is 17.2. The number of carbonyl (C=O) groups is 1. The molecule has 0 saturated heterocycles. The summed E-state index contributed by atoms with van der Waals surface area (Å²) < 4.78 is 32.7. The van der Waals surface area contributed by atoms with Gasteiger partial charge in [0.25, 0.3) is 0 Å². The van der Waals surface area contributed by atoms with Crippen molar-refractivity contribution in [1.82, 2.24) is 15.0 Å². The third-order valence-electron chi connectivity index (χ3n) is 5.56. The van der Waals surface area contributed by atoms with Crippen LogP contribution in [0.1, 0.15) is 30.4 Å². The molecule has 1 amide bonds. The average Bonchev–Trinajstić information content (AvgIpc) is 3.51. The SMILES string of the molecule is CCc1nc(C)ncc1OC[C@@]1(c2ccc(F)cc2)C[C@H]1C(=O)Nc1ccc(F)cn1. The fourth-order valence-corrected chi connectivity index (χ4v) is 3.74. The van der Waals surface area contributed by atoms with E-state index < -0.39 is 17.2 Å². The molecule has 0 spiro atoms. The van der Waals surface area contributed by atoms with Gasteiger partial charge < -0.3 is 10.1 Å². The first-order valence-corrected chi connectivity index (χ1v) is 10.0. The van der Waals surface area contributed by atoms with Gasteiger partial charge in [-0.25, -0.2) is 23.7 Å². The van der Waals surface area contributed by atoms with Crippen LogP contribution in [0.5, 0.6) is 5.75 Å². The Balaban J connectivity index is 1.56. The summed E-state index contributed by atoms with van der Waals surface area (Å²) in [5, 5.41) is 2.72. The minimum atomic E-state index is -0.617. The Morgan fingerprint density at radius 1 is 1.13 bits per heavy atom. The molecule has 2 aromatic heterocycles. The number of halogens is 2. The van der Waals surface area contributed by atoms with Crippen molar-refractivity contribution in [3.05, 3.63) is 77.5 Å². The van der Waals surface area contributed by atoms with Crippen LogP contribution in [0.25, 0.3) is 0 Å². The van der Waals surface area contributed by atoms with E-state index in [0.29, 0.717) is 24.4 Å². The molecule has 2 atom stereocenters. The Morgan fingerprint density at radius 3 is 2.55 bits per heavy atom. The highest BCUT2D eigenvalue weighted by molar-refractivity contribution is 5.95. The highest BCUT2D eigenvalue weighted by Crippen LogP contribution is 2.55. The first kappa shape index (κ1) is 20.8. The first-order chi connectivity index (χ1) is 14.9. The lowest BCUT2D eigenvalue weighted by molar-refractivity contribution is -0.117. The number of hydrogen-bond acceptors (Lipinski definition) is 5. The van der Waals surface area contributed by atoms with Crippen molar-refractivity contribution in [2.75, 3.05) is 11.9 Å². The molecule has 1 fully saturated rings. The summed E-state index contributed by atoms with van der Waals surface area (Å²) in [6.45, 7) is 4.01. The van der Waals surface area contributed by atoms with E-state index in [2.05, 4.69) is 20.3 Å². The lowest BCUT2D eigenvalue weighted by Gasteiger charge is -2.20. The van der Waals surface area contributed by atoms with Gasteiger partial charge in [0.05, 0.1) is 30.6 Å². The maximum atomic E-state index is 13.5. The number of nitrogens with zero attached hydrogens (tertiary/aromatic N) is 3. The van der Waals surface area contributed by atoms with Crippen LogP contribution in [-0.4, -0.2) is 27.5 Å². The van der Waals surface area contributed by atoms with Gasteiger partial charge in [0.15, 0.2) is 5.75 Å². The number of aryl methyl sites for hydroxylation is 2. The molecular formula is C23H22F2N4O2. The zero-order valence-corrected chi connectivity index (χ0v) is 17.2. The normalized spacial score (nSPS) is 19.7. The Morgan fingerprint density at radius 2 is 1.87 bits per heavy atom. The molecule has 8 heteroatoms. The van der Waals surface area contributed by atoms with E-state index in [0.717, 1.165) is 17.5 Å². The number of anilines is 1. The van der Waals surface area contributed by atoms with Gasteiger partial charge in [-0.1, -0.05) is 19.1 Å². The second kappa shape index (κ2) is 8.37. The maximum Gasteiger partial charge on any atom is 0.229 e. The Labute approximate surface area is 178 Å². The quantitative estimate of drug-likeness (QED) is 0.621. The molecule has 31 heavy (non-hydrogen) atoms. The van der Waals surface area contributed by atoms with Crippen LogP contribution in [0.3, 0.4) is 0 Å². The predicted molar refractivity (Wildman–Crippen MR) is 111 cm³/mol. The van der Waals surface area contributed by atoms with Crippen molar-refractivity contribution < 1.29 is 18.3 Å². The standard InChI is InChI=1S/C23H22F2N4O2/c1-3-19-20(12-26-14(2)28-19)31-13-23(15-4-6-16(24)7-5-15)10-18(23)22(30)29-21-9-8-17(25)11-27-21/h4-9,11-12,18H,3,10,13H2,1-2H3,(H,27,29,30)/t18-,23+/m0/s1. The molecule has 1 aliphatic rings. The summed E-state index contributed by atoms with van der Waals surface area (Å²) in [5.41, 5.74) is 0.986. The van der Waals surface area contributed by atoms with Crippen molar-refractivity contribution in [2.24, 2.45) is 5.92 Å². The van der Waals surface area contributed by atoms with E-state index in [4.69, 9.17) is 4.74 Å². The van der Waals surface area contributed by atoms with Crippen LogP contribution in [-0.2, 0) is 16.6 Å². The topological polar surface area (TPSA) is 77.0 Å². The van der Waals surface area contributed by atoms with Gasteiger partial charge >= 0.3 is 0 Å². The van der Waals surface area contributed by atoms with E-state index in [1.807, 2.05) is 13.8 Å². The minimum absolute atomic E-state index is 0.215. The lowest BCUT2D eigenvalue weighted by Crippen LogP contribution is -2.27. The number of benzene rings is 1. The number of rotatable bonds is 7. The van der Waals surface area contributed by atoms with Gasteiger partial charge in [0.2, 0.25) is 5.91 Å². The fraction of sp³-hybridized carbons (Fsp3) is 0.304. The Bertz CT molecular complexity index is 1090. The smallest absolute Gasteiger partial charge is 0.229 e. The molecule has 1 saturated carbocycles. The highest BCUT2D eigenvalue weighted by Gasteiger charge is 2.60. The van der Waals surface area contributed by atoms with Gasteiger partial charge in [-0.05, 0) is 49.6 Å². The number of amides is 1. The van der Waals surface area contributed by atoms with Gasteiger partial charge in [0.1, 0.15) is 23.3 Å². The average molecular weight is 424 g/mol. The Hall–Kier alpha value is -3.42. The van der Waals surface area contributed by atoms with Gasteiger partial charge in [0, 0.05) is 5.41 Å². The Kier molecular flexibility index (Phi) is 5.63. The molecule has 6 nitrogen and oxygen atoms in total. The number of ether oxygens (including phenoxy) is 1. The van der Waals surface area contributed by atoms with Gasteiger partial charge in [-0.15, -0.1) is 0 Å². The molecule has 2 heterocycles. The van der Waals surface area contributed by atoms with E-state index in [9.17, 15) is 13.6 Å². The number of nitrogens with one attached hydrogen (secondary N) is 1. The fourth-order valence-electron chi connectivity index (χ4n) is 3.74. The molecule has 0 aliphatic heterocycles. The molecule has 0 radical (unpaired) electrons. The molecular weight excluding hydrogens is 402 g/mol. The minimum Gasteiger partial charge on any atom is -0.489 e. The highest BCUT2D eigenvalue weighted by atomic mass is 19.1. The van der Waals surface area contributed by atoms with Crippen molar-refractivity contribution in [1.29, 1.82) is 0 Å². The molecule has 160 valence electrons. The number of hydrogen-bond donors (Lipinski definition) is 1. The van der Waals surface area contributed by atoms with Crippen LogP contribution in [0.15, 0.2) is 48.8 Å². The lowest BCUT2D eigenvalue weighted by atomic mass is 9.93. The number of carbonyl (C=O) groups excluding carboxylic acids is 1. The van der Waals surface area contributed by atoms with Gasteiger partial charge in [-0.3, -0.25) is 4.79 Å². The predicted octanol–water partition coefficient (Wildman–Crippen LogP) is 4.00. The maximum absolute atomic E-state index is 13.5. The van der Waals surface area contributed by atoms with E-state index in [1.165, 1.54) is 24.3 Å². The van der Waals surface area contributed by atoms with Crippen LogP contribution in [0.2, 0.25) is 0 Å². The summed E-state index contributed by atoms with van der Waals surface area (Å²) >= 11 is 0. The van der Waals surface area contributed by atoms with E-state index in [-0.39, 0.29) is 24.1 Å². The summed E-state index contributed by atoms with van der Waals surface area (Å²) in [7, 11) is 0. The zero-order chi connectivity index (χ0) is 22.0. The second-order valence-electron chi connectivity index (χ2n) is 7.64. The summed E-state index contributed by atoms with van der Waals surface area (Å²) in [4.78, 5) is 25.4. The van der Waals surface area contributed by atoms with Crippen LogP contribution in [0, 0.1) is 24.5 Å². The summed E-state index contributed by atoms with van der Waals surface area (Å²) in [5.74, 6) is 0.0214. The van der Waals surface area contributed by atoms with Crippen molar-refractivity contribution in [3.8, 4) is 5.75 Å². The monoisotopic (exact) mass is 424 g/mol. The molecule has 4 rings (SSSR count). The van der Waals surface area contributed by atoms with Crippen molar-refractivity contribution >= 4 is 11.7 Å². The molecule has 1 aromatic carbocycles. The van der Waals surface area contributed by atoms with Crippen molar-refractivity contribution in [3.63, 3.8) is 0 Å². The van der Waals surface area contributed by atoms with E-state index in [1.54, 1.807) is 18.3 Å².